The first-order valence-electron chi connectivity index (χ1n) is 5.96. The molecule has 0 radical (unpaired) electrons. The van der Waals surface area contributed by atoms with Gasteiger partial charge in [-0.25, -0.2) is 0 Å². The lowest BCUT2D eigenvalue weighted by Gasteiger charge is -2.24. The van der Waals surface area contributed by atoms with Gasteiger partial charge in [-0.1, -0.05) is 13.3 Å². The molecule has 1 fully saturated rings. The standard InChI is InChI=1S/C12H19ClN2/c1-2-6-15-9-11(8-14-15)10-4-3-5-12(13)7-10/h8-10,12H,2-7H2,1H3. The van der Waals surface area contributed by atoms with Crippen LogP contribution in [0.5, 0.6) is 0 Å². The van der Waals surface area contributed by atoms with Gasteiger partial charge in [-0.3, -0.25) is 4.68 Å². The Bertz CT molecular complexity index is 308. The van der Waals surface area contributed by atoms with Gasteiger partial charge >= 0.3 is 0 Å². The van der Waals surface area contributed by atoms with E-state index in [0.717, 1.165) is 19.4 Å². The lowest BCUT2D eigenvalue weighted by molar-refractivity contribution is 0.449. The summed E-state index contributed by atoms with van der Waals surface area (Å²) in [6.45, 7) is 3.20. The van der Waals surface area contributed by atoms with E-state index in [9.17, 15) is 0 Å². The van der Waals surface area contributed by atoms with Crippen molar-refractivity contribution < 1.29 is 0 Å². The molecule has 1 heterocycles. The summed E-state index contributed by atoms with van der Waals surface area (Å²) in [4.78, 5) is 0. The highest BCUT2D eigenvalue weighted by Gasteiger charge is 2.22. The number of aryl methyl sites for hydroxylation is 1. The van der Waals surface area contributed by atoms with Crippen LogP contribution < -0.4 is 0 Å². The van der Waals surface area contributed by atoms with Gasteiger partial charge in [-0.15, -0.1) is 11.6 Å². The predicted molar refractivity (Wildman–Crippen MR) is 63.4 cm³/mol. The zero-order valence-electron chi connectivity index (χ0n) is 9.32. The van der Waals surface area contributed by atoms with Crippen LogP contribution in [0.3, 0.4) is 0 Å². The molecule has 1 aromatic heterocycles. The van der Waals surface area contributed by atoms with Crippen LogP contribution in [0.25, 0.3) is 0 Å². The molecule has 0 spiro atoms. The maximum atomic E-state index is 6.20. The van der Waals surface area contributed by atoms with Gasteiger partial charge in [-0.2, -0.15) is 5.10 Å². The average Bonchev–Trinajstić information content (AvgIpc) is 2.67. The topological polar surface area (TPSA) is 17.8 Å². The summed E-state index contributed by atoms with van der Waals surface area (Å²) in [5, 5.41) is 4.75. The Morgan fingerprint density at radius 1 is 1.53 bits per heavy atom. The van der Waals surface area contributed by atoms with E-state index in [1.54, 1.807) is 0 Å². The molecule has 0 aliphatic heterocycles. The molecule has 2 rings (SSSR count). The second-order valence-corrected chi connectivity index (χ2v) is 5.11. The Labute approximate surface area is 96.6 Å². The number of hydrogen-bond donors (Lipinski definition) is 0. The molecular weight excluding hydrogens is 208 g/mol. The second-order valence-electron chi connectivity index (χ2n) is 4.50. The Morgan fingerprint density at radius 3 is 3.13 bits per heavy atom. The summed E-state index contributed by atoms with van der Waals surface area (Å²) in [7, 11) is 0. The fraction of sp³-hybridized carbons (Fsp3) is 0.750. The molecule has 0 N–H and O–H groups in total. The van der Waals surface area contributed by atoms with Crippen molar-refractivity contribution in [2.24, 2.45) is 0 Å². The first kappa shape index (κ1) is 11.0. The van der Waals surface area contributed by atoms with E-state index in [0.29, 0.717) is 11.3 Å². The Hall–Kier alpha value is -0.500. The van der Waals surface area contributed by atoms with Crippen molar-refractivity contribution in [3.63, 3.8) is 0 Å². The average molecular weight is 227 g/mol. The quantitative estimate of drug-likeness (QED) is 0.721. The number of rotatable bonds is 3. The normalized spacial score (nSPS) is 26.8. The van der Waals surface area contributed by atoms with Crippen LogP contribution in [0.15, 0.2) is 12.4 Å². The molecule has 2 atom stereocenters. The summed E-state index contributed by atoms with van der Waals surface area (Å²) in [5.74, 6) is 0.645. The zero-order chi connectivity index (χ0) is 10.7. The second kappa shape index (κ2) is 5.02. The molecule has 2 unspecified atom stereocenters. The van der Waals surface area contributed by atoms with Crippen molar-refractivity contribution in [3.05, 3.63) is 18.0 Å². The van der Waals surface area contributed by atoms with Crippen LogP contribution in [0, 0.1) is 0 Å². The summed E-state index contributed by atoms with van der Waals surface area (Å²) in [5.41, 5.74) is 1.38. The number of halogens is 1. The summed E-state index contributed by atoms with van der Waals surface area (Å²) in [6, 6.07) is 0. The molecule has 0 bridgehead atoms. The Morgan fingerprint density at radius 2 is 2.40 bits per heavy atom. The molecule has 1 aliphatic carbocycles. The van der Waals surface area contributed by atoms with Gasteiger partial charge in [0, 0.05) is 18.1 Å². The summed E-state index contributed by atoms with van der Waals surface area (Å²) >= 11 is 6.20. The first-order chi connectivity index (χ1) is 7.29. The van der Waals surface area contributed by atoms with Crippen molar-refractivity contribution >= 4 is 11.6 Å². The van der Waals surface area contributed by atoms with E-state index in [4.69, 9.17) is 11.6 Å². The molecule has 0 saturated heterocycles. The van der Waals surface area contributed by atoms with Crippen LogP contribution in [-0.2, 0) is 6.54 Å². The van der Waals surface area contributed by atoms with Crippen molar-refractivity contribution in [2.45, 2.75) is 56.9 Å². The third-order valence-corrected chi connectivity index (χ3v) is 3.58. The summed E-state index contributed by atoms with van der Waals surface area (Å²) in [6.07, 6.45) is 10.2. The maximum absolute atomic E-state index is 6.20. The van der Waals surface area contributed by atoms with Crippen LogP contribution in [0.4, 0.5) is 0 Å². The molecule has 84 valence electrons. The fourth-order valence-corrected chi connectivity index (χ4v) is 2.74. The monoisotopic (exact) mass is 226 g/mol. The molecule has 2 nitrogen and oxygen atoms in total. The van der Waals surface area contributed by atoms with Crippen molar-refractivity contribution in [3.8, 4) is 0 Å². The molecule has 0 amide bonds. The fourth-order valence-electron chi connectivity index (χ4n) is 2.37. The molecule has 3 heteroatoms. The lowest BCUT2D eigenvalue weighted by Crippen LogP contribution is -2.13. The largest absolute Gasteiger partial charge is 0.272 e. The van der Waals surface area contributed by atoms with Gasteiger partial charge in [0.2, 0.25) is 0 Å². The van der Waals surface area contributed by atoms with Crippen LogP contribution in [0.1, 0.15) is 50.5 Å². The molecule has 0 aromatic carbocycles. The lowest BCUT2D eigenvalue weighted by atomic mass is 9.85. The zero-order valence-corrected chi connectivity index (χ0v) is 10.1. The third-order valence-electron chi connectivity index (χ3n) is 3.19. The molecule has 1 aliphatic rings. The van der Waals surface area contributed by atoms with Crippen LogP contribution in [0.2, 0.25) is 0 Å². The molecule has 1 aromatic rings. The molecular formula is C12H19ClN2. The minimum absolute atomic E-state index is 0.373. The highest BCUT2D eigenvalue weighted by atomic mass is 35.5. The molecule has 15 heavy (non-hydrogen) atoms. The van der Waals surface area contributed by atoms with E-state index < -0.39 is 0 Å². The van der Waals surface area contributed by atoms with Gasteiger partial charge in [0.25, 0.3) is 0 Å². The summed E-state index contributed by atoms with van der Waals surface area (Å²) < 4.78 is 2.05. The van der Waals surface area contributed by atoms with Gasteiger partial charge in [0.1, 0.15) is 0 Å². The smallest absolute Gasteiger partial charge is 0.0524 e. The van der Waals surface area contributed by atoms with Crippen molar-refractivity contribution in [1.82, 2.24) is 9.78 Å². The highest BCUT2D eigenvalue weighted by Crippen LogP contribution is 2.34. The maximum Gasteiger partial charge on any atom is 0.0524 e. The minimum Gasteiger partial charge on any atom is -0.272 e. The van der Waals surface area contributed by atoms with E-state index in [-0.39, 0.29) is 0 Å². The number of aromatic nitrogens is 2. The van der Waals surface area contributed by atoms with Crippen molar-refractivity contribution in [1.29, 1.82) is 0 Å². The van der Waals surface area contributed by atoms with Gasteiger partial charge in [0.15, 0.2) is 0 Å². The van der Waals surface area contributed by atoms with Crippen LogP contribution >= 0.6 is 11.6 Å². The SMILES string of the molecule is CCCn1cc(C2CCCC(Cl)C2)cn1. The van der Waals surface area contributed by atoms with E-state index >= 15 is 0 Å². The van der Waals surface area contributed by atoms with E-state index in [2.05, 4.69) is 18.2 Å². The van der Waals surface area contributed by atoms with Crippen molar-refractivity contribution in [2.75, 3.05) is 0 Å². The van der Waals surface area contributed by atoms with E-state index in [1.165, 1.54) is 24.8 Å². The first-order valence-corrected chi connectivity index (χ1v) is 6.39. The highest BCUT2D eigenvalue weighted by molar-refractivity contribution is 6.20. The number of nitrogens with zero attached hydrogens (tertiary/aromatic N) is 2. The van der Waals surface area contributed by atoms with E-state index in [1.807, 2.05) is 10.9 Å². The Balaban J connectivity index is 2.01. The van der Waals surface area contributed by atoms with Crippen LogP contribution in [-0.4, -0.2) is 15.2 Å². The Kier molecular flexibility index (Phi) is 3.68. The third kappa shape index (κ3) is 2.75. The van der Waals surface area contributed by atoms with Gasteiger partial charge < -0.3 is 0 Å². The minimum atomic E-state index is 0.373. The van der Waals surface area contributed by atoms with Gasteiger partial charge in [0.05, 0.1) is 6.20 Å². The number of alkyl halides is 1. The number of hydrogen-bond acceptors (Lipinski definition) is 1. The van der Waals surface area contributed by atoms with Gasteiger partial charge in [-0.05, 0) is 37.2 Å². The predicted octanol–water partition coefficient (Wildman–Crippen LogP) is 3.56. The molecule has 1 saturated carbocycles.